The van der Waals surface area contributed by atoms with Gasteiger partial charge in [-0.15, -0.1) is 0 Å². The number of piperidine rings is 1. The van der Waals surface area contributed by atoms with E-state index in [1.165, 1.54) is 12.8 Å². The van der Waals surface area contributed by atoms with Crippen LogP contribution in [0.1, 0.15) is 32.6 Å². The van der Waals surface area contributed by atoms with Crippen LogP contribution in [0.2, 0.25) is 0 Å². The highest BCUT2D eigenvalue weighted by molar-refractivity contribution is 5.81. The van der Waals surface area contributed by atoms with Gasteiger partial charge in [0.15, 0.2) is 0 Å². The van der Waals surface area contributed by atoms with Crippen LogP contribution in [0, 0.1) is 11.3 Å². The maximum Gasteiger partial charge on any atom is 0.239 e. The van der Waals surface area contributed by atoms with E-state index in [0.29, 0.717) is 19.0 Å². The third-order valence-corrected chi connectivity index (χ3v) is 5.04. The molecular formula is C17H30N4O2. The average Bonchev–Trinajstić information content (AvgIpc) is 2.59. The normalized spacial score (nSPS) is 24.8. The molecule has 0 spiro atoms. The molecule has 2 aliphatic rings. The number of hydrogen-bond donors (Lipinski definition) is 0. The van der Waals surface area contributed by atoms with Crippen molar-refractivity contribution in [3.8, 4) is 6.07 Å². The topological polar surface area (TPSA) is 59.8 Å². The summed E-state index contributed by atoms with van der Waals surface area (Å²) in [7, 11) is 1.80. The van der Waals surface area contributed by atoms with E-state index in [1.807, 2.05) is 6.92 Å². The van der Waals surface area contributed by atoms with E-state index in [1.54, 1.807) is 11.9 Å². The third-order valence-electron chi connectivity index (χ3n) is 5.04. The Morgan fingerprint density at radius 2 is 2.09 bits per heavy atom. The lowest BCUT2D eigenvalue weighted by Gasteiger charge is -2.42. The summed E-state index contributed by atoms with van der Waals surface area (Å²) in [6, 6.07) is 2.45. The number of ether oxygens (including phenoxy) is 1. The molecule has 0 aliphatic carbocycles. The van der Waals surface area contributed by atoms with Gasteiger partial charge in [0.25, 0.3) is 0 Å². The van der Waals surface area contributed by atoms with Crippen LogP contribution in [-0.4, -0.2) is 85.7 Å². The molecule has 2 rings (SSSR count). The number of rotatable bonds is 6. The third kappa shape index (κ3) is 5.17. The molecule has 2 unspecified atom stereocenters. The minimum atomic E-state index is -0.106. The number of amides is 1. The molecule has 0 aromatic heterocycles. The van der Waals surface area contributed by atoms with Gasteiger partial charge in [-0.1, -0.05) is 6.42 Å². The van der Waals surface area contributed by atoms with Gasteiger partial charge in [0, 0.05) is 39.3 Å². The van der Waals surface area contributed by atoms with Crippen molar-refractivity contribution >= 4 is 5.91 Å². The number of nitriles is 1. The van der Waals surface area contributed by atoms with Crippen molar-refractivity contribution in [3.05, 3.63) is 0 Å². The number of carbonyl (C=O) groups excluding carboxylic acids is 1. The zero-order chi connectivity index (χ0) is 16.7. The summed E-state index contributed by atoms with van der Waals surface area (Å²) in [6.07, 6.45) is 3.97. The Hall–Kier alpha value is -1.16. The second kappa shape index (κ2) is 9.21. The van der Waals surface area contributed by atoms with Crippen LogP contribution in [0.4, 0.5) is 0 Å². The van der Waals surface area contributed by atoms with Crippen LogP contribution in [-0.2, 0) is 9.53 Å². The number of likely N-dealkylation sites (N-methyl/N-ethyl adjacent to an activating group) is 1. The van der Waals surface area contributed by atoms with Crippen molar-refractivity contribution in [2.45, 2.75) is 44.7 Å². The van der Waals surface area contributed by atoms with Crippen molar-refractivity contribution in [1.29, 1.82) is 5.26 Å². The molecule has 2 fully saturated rings. The lowest BCUT2D eigenvalue weighted by Crippen LogP contribution is -2.56. The minimum Gasteiger partial charge on any atom is -0.379 e. The van der Waals surface area contributed by atoms with E-state index in [0.717, 1.165) is 45.8 Å². The van der Waals surface area contributed by atoms with Crippen molar-refractivity contribution in [2.24, 2.45) is 0 Å². The minimum absolute atomic E-state index is 0.106. The molecule has 23 heavy (non-hydrogen) atoms. The van der Waals surface area contributed by atoms with Crippen LogP contribution in [0.3, 0.4) is 0 Å². The monoisotopic (exact) mass is 322 g/mol. The number of nitrogens with zero attached hydrogens (tertiary/aromatic N) is 4. The van der Waals surface area contributed by atoms with Gasteiger partial charge in [-0.3, -0.25) is 14.6 Å². The molecule has 0 saturated carbocycles. The lowest BCUT2D eigenvalue weighted by atomic mass is 9.99. The fraction of sp³-hybridized carbons (Fsp3) is 0.882. The van der Waals surface area contributed by atoms with Crippen LogP contribution in [0.15, 0.2) is 0 Å². The van der Waals surface area contributed by atoms with Crippen LogP contribution in [0.25, 0.3) is 0 Å². The van der Waals surface area contributed by atoms with Crippen LogP contribution < -0.4 is 0 Å². The van der Waals surface area contributed by atoms with Gasteiger partial charge in [0.1, 0.15) is 0 Å². The highest BCUT2D eigenvalue weighted by Crippen LogP contribution is 2.22. The van der Waals surface area contributed by atoms with E-state index in [2.05, 4.69) is 15.9 Å². The molecule has 0 aromatic carbocycles. The highest BCUT2D eigenvalue weighted by Gasteiger charge is 2.32. The molecule has 0 radical (unpaired) electrons. The maximum atomic E-state index is 12.6. The first-order valence-corrected chi connectivity index (χ1v) is 8.81. The molecule has 2 aliphatic heterocycles. The van der Waals surface area contributed by atoms with Crippen molar-refractivity contribution in [2.75, 3.05) is 53.0 Å². The largest absolute Gasteiger partial charge is 0.379 e. The number of morpholine rings is 1. The molecular weight excluding hydrogens is 292 g/mol. The second-order valence-corrected chi connectivity index (χ2v) is 6.64. The summed E-state index contributed by atoms with van der Waals surface area (Å²) in [5, 5.41) is 8.69. The second-order valence-electron chi connectivity index (χ2n) is 6.64. The molecule has 0 aromatic rings. The van der Waals surface area contributed by atoms with Gasteiger partial charge in [0.2, 0.25) is 5.91 Å². The first kappa shape index (κ1) is 18.2. The molecule has 0 N–H and O–H groups in total. The molecule has 2 saturated heterocycles. The summed E-state index contributed by atoms with van der Waals surface area (Å²) < 4.78 is 5.43. The fourth-order valence-electron chi connectivity index (χ4n) is 3.60. The van der Waals surface area contributed by atoms with Crippen LogP contribution in [0.5, 0.6) is 0 Å². The summed E-state index contributed by atoms with van der Waals surface area (Å²) >= 11 is 0. The van der Waals surface area contributed by atoms with E-state index >= 15 is 0 Å². The van der Waals surface area contributed by atoms with Gasteiger partial charge in [-0.05, 0) is 26.3 Å². The predicted octanol–water partition coefficient (Wildman–Crippen LogP) is 0.934. The Balaban J connectivity index is 1.93. The Morgan fingerprint density at radius 1 is 1.35 bits per heavy atom. The average molecular weight is 322 g/mol. The molecule has 6 nitrogen and oxygen atoms in total. The Labute approximate surface area is 140 Å². The van der Waals surface area contributed by atoms with Gasteiger partial charge < -0.3 is 9.64 Å². The quantitative estimate of drug-likeness (QED) is 0.728. The van der Waals surface area contributed by atoms with Gasteiger partial charge >= 0.3 is 0 Å². The molecule has 1 amide bonds. The van der Waals surface area contributed by atoms with Gasteiger partial charge in [-0.25, -0.2) is 0 Å². The molecule has 130 valence electrons. The number of hydrogen-bond acceptors (Lipinski definition) is 5. The molecule has 6 heteroatoms. The molecule has 0 bridgehead atoms. The van der Waals surface area contributed by atoms with Gasteiger partial charge in [0.05, 0.1) is 31.7 Å². The first-order valence-electron chi connectivity index (χ1n) is 8.81. The van der Waals surface area contributed by atoms with Crippen LogP contribution >= 0.6 is 0 Å². The predicted molar refractivity (Wildman–Crippen MR) is 88.9 cm³/mol. The first-order chi connectivity index (χ1) is 11.1. The fourth-order valence-corrected chi connectivity index (χ4v) is 3.60. The Kier molecular flexibility index (Phi) is 7.28. The number of likely N-dealkylation sites (tertiary alicyclic amines) is 1. The summed E-state index contributed by atoms with van der Waals surface area (Å²) in [4.78, 5) is 19.2. The maximum absolute atomic E-state index is 12.6. The van der Waals surface area contributed by atoms with E-state index in [4.69, 9.17) is 10.00 Å². The standard InChI is InChI=1S/C17H30N4O2/c1-15(17(22)19(2)8-5-7-18)21-9-4-3-6-16(21)14-20-10-12-23-13-11-20/h15-16H,3-6,8-14H2,1-2H3. The number of carbonyl (C=O) groups is 1. The SMILES string of the molecule is CC(C(=O)N(C)CCC#N)N1CCCCC1CN1CCOCC1. The van der Waals surface area contributed by atoms with E-state index in [9.17, 15) is 4.79 Å². The highest BCUT2D eigenvalue weighted by atomic mass is 16.5. The van der Waals surface area contributed by atoms with E-state index < -0.39 is 0 Å². The Morgan fingerprint density at radius 3 is 2.78 bits per heavy atom. The summed E-state index contributed by atoms with van der Waals surface area (Å²) in [6.45, 7) is 8.18. The zero-order valence-corrected chi connectivity index (χ0v) is 14.5. The molecule has 2 heterocycles. The lowest BCUT2D eigenvalue weighted by molar-refractivity contribution is -0.137. The summed E-state index contributed by atoms with van der Waals surface area (Å²) in [5.74, 6) is 0.133. The van der Waals surface area contributed by atoms with Crippen molar-refractivity contribution in [1.82, 2.24) is 14.7 Å². The Bertz CT molecular complexity index is 417. The van der Waals surface area contributed by atoms with E-state index in [-0.39, 0.29) is 11.9 Å². The smallest absolute Gasteiger partial charge is 0.239 e. The molecule has 2 atom stereocenters. The van der Waals surface area contributed by atoms with Crippen molar-refractivity contribution < 1.29 is 9.53 Å². The summed E-state index contributed by atoms with van der Waals surface area (Å²) in [5.41, 5.74) is 0. The zero-order valence-electron chi connectivity index (χ0n) is 14.5. The van der Waals surface area contributed by atoms with Crippen molar-refractivity contribution in [3.63, 3.8) is 0 Å². The van der Waals surface area contributed by atoms with Gasteiger partial charge in [-0.2, -0.15) is 5.26 Å².